The monoisotopic (exact) mass is 236 g/mol. The fraction of sp³-hybridized carbons (Fsp3) is 0.167. The summed E-state index contributed by atoms with van der Waals surface area (Å²) in [6.07, 6.45) is 0. The van der Waals surface area contributed by atoms with Gasteiger partial charge in [-0.1, -0.05) is 9.24 Å². The molecule has 0 aromatic carbocycles. The first kappa shape index (κ1) is 8.75. The van der Waals surface area contributed by atoms with E-state index in [1.807, 2.05) is 0 Å². The highest BCUT2D eigenvalue weighted by atomic mass is 79.9. The Hall–Kier alpha value is -0.340. The lowest BCUT2D eigenvalue weighted by molar-refractivity contribution is 0.0598. The Labute approximate surface area is 74.4 Å². The highest BCUT2D eigenvalue weighted by Gasteiger charge is 2.14. The van der Waals surface area contributed by atoms with Crippen LogP contribution < -0.4 is 5.50 Å². The summed E-state index contributed by atoms with van der Waals surface area (Å²) < 4.78 is 9.91. The zero-order valence-electron chi connectivity index (χ0n) is 5.76. The fourth-order valence-corrected chi connectivity index (χ4v) is 1.56. The van der Waals surface area contributed by atoms with E-state index in [2.05, 4.69) is 29.9 Å². The van der Waals surface area contributed by atoms with Crippen molar-refractivity contribution < 1.29 is 13.9 Å². The Morgan fingerprint density at radius 2 is 2.45 bits per heavy atom. The van der Waals surface area contributed by atoms with Crippen LogP contribution in [0, 0.1) is 0 Å². The van der Waals surface area contributed by atoms with E-state index in [1.54, 1.807) is 6.07 Å². The standard InChI is InChI=1S/C6H6BrO3P/c1-9-6(8)3-2-4(11)10-5(3)7/h2H,11H2,1H3. The van der Waals surface area contributed by atoms with Crippen molar-refractivity contribution in [3.63, 3.8) is 0 Å². The lowest BCUT2D eigenvalue weighted by Gasteiger charge is -1.92. The molecule has 1 aromatic rings. The number of rotatable bonds is 1. The predicted molar refractivity (Wildman–Crippen MR) is 47.1 cm³/mol. The average molecular weight is 237 g/mol. The second kappa shape index (κ2) is 3.37. The van der Waals surface area contributed by atoms with Crippen molar-refractivity contribution in [3.8, 4) is 0 Å². The molecular formula is C6H6BrO3P. The normalized spacial score (nSPS) is 9.73. The molecule has 0 saturated carbocycles. The Kier molecular flexibility index (Phi) is 2.68. The number of furan rings is 1. The molecule has 11 heavy (non-hydrogen) atoms. The van der Waals surface area contributed by atoms with Crippen LogP contribution in [0.2, 0.25) is 0 Å². The number of hydrogen-bond acceptors (Lipinski definition) is 3. The molecule has 1 unspecified atom stereocenters. The number of halogens is 1. The van der Waals surface area contributed by atoms with Crippen LogP contribution in [0.3, 0.4) is 0 Å². The van der Waals surface area contributed by atoms with E-state index >= 15 is 0 Å². The van der Waals surface area contributed by atoms with Gasteiger partial charge in [0.2, 0.25) is 0 Å². The Morgan fingerprint density at radius 1 is 1.82 bits per heavy atom. The first-order valence-corrected chi connectivity index (χ1v) is 4.15. The number of carbonyl (C=O) groups excluding carboxylic acids is 1. The zero-order valence-corrected chi connectivity index (χ0v) is 8.50. The summed E-state index contributed by atoms with van der Waals surface area (Å²) in [4.78, 5) is 10.9. The van der Waals surface area contributed by atoms with Gasteiger partial charge < -0.3 is 9.15 Å². The molecular weight excluding hydrogens is 231 g/mol. The maximum atomic E-state index is 10.9. The molecule has 1 aromatic heterocycles. The summed E-state index contributed by atoms with van der Waals surface area (Å²) in [5.41, 5.74) is 0.995. The van der Waals surface area contributed by atoms with Gasteiger partial charge in [-0.15, -0.1) is 0 Å². The van der Waals surface area contributed by atoms with Crippen LogP contribution in [0.25, 0.3) is 0 Å². The second-order valence-corrected chi connectivity index (χ2v) is 3.12. The molecule has 0 spiro atoms. The lowest BCUT2D eigenvalue weighted by Crippen LogP contribution is -1.99. The van der Waals surface area contributed by atoms with Gasteiger partial charge in [-0.25, -0.2) is 4.79 Å². The van der Waals surface area contributed by atoms with Crippen LogP contribution in [-0.2, 0) is 4.74 Å². The third kappa shape index (κ3) is 1.82. The van der Waals surface area contributed by atoms with Gasteiger partial charge in [0, 0.05) is 0 Å². The smallest absolute Gasteiger partial charge is 0.342 e. The fourth-order valence-electron chi connectivity index (χ4n) is 0.636. The summed E-state index contributed by atoms with van der Waals surface area (Å²) in [7, 11) is 3.67. The molecule has 0 saturated heterocycles. The molecule has 0 aliphatic rings. The summed E-state index contributed by atoms with van der Waals surface area (Å²) in [6.45, 7) is 0. The largest absolute Gasteiger partial charge is 0.465 e. The van der Waals surface area contributed by atoms with Crippen LogP contribution in [0.4, 0.5) is 0 Å². The van der Waals surface area contributed by atoms with E-state index in [0.29, 0.717) is 15.7 Å². The number of esters is 1. The van der Waals surface area contributed by atoms with Crippen molar-refractivity contribution in [2.24, 2.45) is 0 Å². The van der Waals surface area contributed by atoms with Gasteiger partial charge in [-0.3, -0.25) is 0 Å². The zero-order chi connectivity index (χ0) is 8.43. The Balaban J connectivity index is 3.03. The summed E-state index contributed by atoms with van der Waals surface area (Å²) in [5, 5.41) is 0. The molecule has 60 valence electrons. The van der Waals surface area contributed by atoms with Crippen LogP contribution in [0.5, 0.6) is 0 Å². The van der Waals surface area contributed by atoms with Gasteiger partial charge in [-0.05, 0) is 22.0 Å². The quantitative estimate of drug-likeness (QED) is 0.546. The number of hydrogen-bond donors (Lipinski definition) is 0. The van der Waals surface area contributed by atoms with Crippen LogP contribution in [0.1, 0.15) is 10.4 Å². The van der Waals surface area contributed by atoms with E-state index in [0.717, 1.165) is 0 Å². The van der Waals surface area contributed by atoms with E-state index in [4.69, 9.17) is 4.42 Å². The molecule has 0 fully saturated rings. The van der Waals surface area contributed by atoms with Crippen molar-refractivity contribution in [3.05, 3.63) is 16.3 Å². The maximum absolute atomic E-state index is 10.9. The van der Waals surface area contributed by atoms with Crippen LogP contribution in [0.15, 0.2) is 15.2 Å². The van der Waals surface area contributed by atoms with Crippen molar-refractivity contribution >= 4 is 36.6 Å². The van der Waals surface area contributed by atoms with Gasteiger partial charge in [-0.2, -0.15) is 0 Å². The van der Waals surface area contributed by atoms with Crippen molar-refractivity contribution in [2.75, 3.05) is 7.11 Å². The molecule has 0 bridgehead atoms. The Morgan fingerprint density at radius 3 is 2.82 bits per heavy atom. The highest BCUT2D eigenvalue weighted by Crippen LogP contribution is 2.18. The first-order chi connectivity index (χ1) is 5.15. The number of carbonyl (C=O) groups is 1. The van der Waals surface area contributed by atoms with Crippen molar-refractivity contribution in [1.29, 1.82) is 0 Å². The number of ether oxygens (including phenoxy) is 1. The van der Waals surface area contributed by atoms with Crippen molar-refractivity contribution in [2.45, 2.75) is 0 Å². The van der Waals surface area contributed by atoms with Gasteiger partial charge in [0.1, 0.15) is 11.1 Å². The molecule has 0 radical (unpaired) electrons. The molecule has 1 rings (SSSR count). The first-order valence-electron chi connectivity index (χ1n) is 2.78. The summed E-state index contributed by atoms with van der Waals surface area (Å²) >= 11 is 3.08. The van der Waals surface area contributed by atoms with Crippen molar-refractivity contribution in [1.82, 2.24) is 0 Å². The summed E-state index contributed by atoms with van der Waals surface area (Å²) in [5.74, 6) is -0.408. The summed E-state index contributed by atoms with van der Waals surface area (Å²) in [6, 6.07) is 1.58. The molecule has 0 N–H and O–H groups in total. The minimum atomic E-state index is -0.408. The molecule has 3 nitrogen and oxygen atoms in total. The topological polar surface area (TPSA) is 39.4 Å². The molecule has 5 heteroatoms. The maximum Gasteiger partial charge on any atom is 0.342 e. The number of methoxy groups -OCH3 is 1. The predicted octanol–water partition coefficient (Wildman–Crippen LogP) is 1.33. The van der Waals surface area contributed by atoms with Gasteiger partial charge in [0.15, 0.2) is 4.67 Å². The van der Waals surface area contributed by atoms with E-state index in [1.165, 1.54) is 7.11 Å². The third-order valence-corrected chi connectivity index (χ3v) is 1.98. The minimum Gasteiger partial charge on any atom is -0.465 e. The highest BCUT2D eigenvalue weighted by molar-refractivity contribution is 9.10. The van der Waals surface area contributed by atoms with E-state index in [9.17, 15) is 4.79 Å². The van der Waals surface area contributed by atoms with Gasteiger partial charge in [0.25, 0.3) is 0 Å². The SMILES string of the molecule is COC(=O)c1cc(P)oc1Br. The van der Waals surface area contributed by atoms with Crippen LogP contribution in [-0.4, -0.2) is 13.1 Å². The third-order valence-electron chi connectivity index (χ3n) is 1.11. The molecule has 0 aliphatic heterocycles. The Bertz CT molecular complexity index is 281. The van der Waals surface area contributed by atoms with Gasteiger partial charge >= 0.3 is 5.97 Å². The molecule has 1 atom stereocenters. The minimum absolute atomic E-state index is 0.398. The molecule has 0 aliphatic carbocycles. The van der Waals surface area contributed by atoms with Gasteiger partial charge in [0.05, 0.1) is 7.11 Å². The van der Waals surface area contributed by atoms with E-state index < -0.39 is 5.97 Å². The van der Waals surface area contributed by atoms with E-state index in [-0.39, 0.29) is 0 Å². The molecule has 0 amide bonds. The average Bonchev–Trinajstić information content (AvgIpc) is 2.28. The second-order valence-electron chi connectivity index (χ2n) is 1.83. The lowest BCUT2D eigenvalue weighted by atomic mass is 10.3. The van der Waals surface area contributed by atoms with Crippen LogP contribution >= 0.6 is 25.2 Å². The molecule has 1 heterocycles.